The second-order valence-corrected chi connectivity index (χ2v) is 4.32. The third kappa shape index (κ3) is 4.20. The standard InChI is InChI=1S/C15H14N2O5/c1-10(15(19)20)22-12-6-4-11(5-7-12)9-16-17-14(18)13-3-2-8-21-13/h2-10H,1H3,(H,17,18)(H,19,20)/p-1/b16-9-/t10-/m1/s1. The number of rotatable bonds is 6. The lowest BCUT2D eigenvalue weighted by molar-refractivity contribution is -0.312. The summed E-state index contributed by atoms with van der Waals surface area (Å²) in [6.07, 6.45) is 1.80. The van der Waals surface area contributed by atoms with Crippen LogP contribution >= 0.6 is 0 Å². The molecule has 22 heavy (non-hydrogen) atoms. The predicted molar refractivity (Wildman–Crippen MR) is 75.3 cm³/mol. The van der Waals surface area contributed by atoms with E-state index in [2.05, 4.69) is 10.5 Å². The van der Waals surface area contributed by atoms with Crippen LogP contribution in [0.25, 0.3) is 0 Å². The Morgan fingerprint density at radius 3 is 2.64 bits per heavy atom. The van der Waals surface area contributed by atoms with E-state index in [1.165, 1.54) is 25.5 Å². The Balaban J connectivity index is 1.89. The van der Waals surface area contributed by atoms with Crippen LogP contribution in [0.4, 0.5) is 0 Å². The van der Waals surface area contributed by atoms with Gasteiger partial charge in [0.25, 0.3) is 0 Å². The maximum absolute atomic E-state index is 11.5. The quantitative estimate of drug-likeness (QED) is 0.620. The van der Waals surface area contributed by atoms with Gasteiger partial charge in [-0.2, -0.15) is 5.10 Å². The number of benzene rings is 1. The molecule has 1 aromatic carbocycles. The molecule has 0 aliphatic heterocycles. The molecule has 0 spiro atoms. The Morgan fingerprint density at radius 2 is 2.05 bits per heavy atom. The molecule has 0 saturated carbocycles. The van der Waals surface area contributed by atoms with Crippen LogP contribution in [-0.2, 0) is 4.79 Å². The molecule has 0 saturated heterocycles. The molecule has 2 rings (SSSR count). The van der Waals surface area contributed by atoms with Gasteiger partial charge in [0.2, 0.25) is 0 Å². The van der Waals surface area contributed by atoms with Crippen LogP contribution in [0.1, 0.15) is 23.0 Å². The number of nitrogens with zero attached hydrogens (tertiary/aromatic N) is 1. The fourth-order valence-corrected chi connectivity index (χ4v) is 1.51. The fraction of sp³-hybridized carbons (Fsp3) is 0.133. The molecule has 1 N–H and O–H groups in total. The summed E-state index contributed by atoms with van der Waals surface area (Å²) in [4.78, 5) is 22.1. The number of carboxylic acid groups (broad SMARTS) is 1. The molecule has 1 heterocycles. The fourth-order valence-electron chi connectivity index (χ4n) is 1.51. The third-order valence-electron chi connectivity index (χ3n) is 2.65. The van der Waals surface area contributed by atoms with Gasteiger partial charge in [0.15, 0.2) is 5.76 Å². The topological polar surface area (TPSA) is 104 Å². The van der Waals surface area contributed by atoms with Crippen LogP contribution in [0.3, 0.4) is 0 Å². The molecular weight excluding hydrogens is 288 g/mol. The number of carbonyl (C=O) groups is 2. The zero-order valence-corrected chi connectivity index (χ0v) is 11.7. The third-order valence-corrected chi connectivity index (χ3v) is 2.65. The van der Waals surface area contributed by atoms with E-state index in [1.807, 2.05) is 0 Å². The Labute approximate surface area is 126 Å². The van der Waals surface area contributed by atoms with Crippen molar-refractivity contribution in [1.82, 2.24) is 5.43 Å². The average Bonchev–Trinajstić information content (AvgIpc) is 3.03. The summed E-state index contributed by atoms with van der Waals surface area (Å²) < 4.78 is 10.0. The highest BCUT2D eigenvalue weighted by Crippen LogP contribution is 2.12. The first kappa shape index (κ1) is 15.3. The summed E-state index contributed by atoms with van der Waals surface area (Å²) in [5, 5.41) is 14.4. The van der Waals surface area contributed by atoms with Gasteiger partial charge in [-0.1, -0.05) is 0 Å². The van der Waals surface area contributed by atoms with Crippen molar-refractivity contribution in [2.45, 2.75) is 13.0 Å². The van der Waals surface area contributed by atoms with E-state index in [-0.39, 0.29) is 5.76 Å². The largest absolute Gasteiger partial charge is 0.546 e. The molecule has 1 atom stereocenters. The summed E-state index contributed by atoms with van der Waals surface area (Å²) in [6, 6.07) is 9.64. The Bertz CT molecular complexity index is 662. The average molecular weight is 301 g/mol. The molecule has 114 valence electrons. The lowest BCUT2D eigenvalue weighted by atomic mass is 10.2. The summed E-state index contributed by atoms with van der Waals surface area (Å²) in [6.45, 7) is 1.38. The van der Waals surface area contributed by atoms with Gasteiger partial charge in [0.05, 0.1) is 18.4 Å². The highest BCUT2D eigenvalue weighted by Gasteiger charge is 2.06. The van der Waals surface area contributed by atoms with Gasteiger partial charge >= 0.3 is 5.91 Å². The van der Waals surface area contributed by atoms with E-state index in [4.69, 9.17) is 9.15 Å². The van der Waals surface area contributed by atoms with Crippen molar-refractivity contribution >= 4 is 18.1 Å². The zero-order valence-electron chi connectivity index (χ0n) is 11.7. The number of carbonyl (C=O) groups excluding carboxylic acids is 2. The first-order valence-corrected chi connectivity index (χ1v) is 6.41. The van der Waals surface area contributed by atoms with Crippen molar-refractivity contribution in [1.29, 1.82) is 0 Å². The second kappa shape index (κ2) is 7.07. The van der Waals surface area contributed by atoms with E-state index >= 15 is 0 Å². The number of hydrazone groups is 1. The van der Waals surface area contributed by atoms with E-state index in [0.717, 1.165) is 0 Å². The Morgan fingerprint density at radius 1 is 1.32 bits per heavy atom. The van der Waals surface area contributed by atoms with Crippen molar-refractivity contribution < 1.29 is 23.8 Å². The number of furan rings is 1. The molecule has 0 radical (unpaired) electrons. The normalized spacial score (nSPS) is 12.0. The van der Waals surface area contributed by atoms with Gasteiger partial charge in [-0.3, -0.25) is 4.79 Å². The smallest absolute Gasteiger partial charge is 0.307 e. The molecular formula is C15H13N2O5-. The molecule has 7 nitrogen and oxygen atoms in total. The molecule has 1 amide bonds. The van der Waals surface area contributed by atoms with Crippen LogP contribution in [0.5, 0.6) is 5.75 Å². The van der Waals surface area contributed by atoms with Crippen molar-refractivity contribution in [2.24, 2.45) is 5.10 Å². The molecule has 0 aliphatic carbocycles. The molecule has 1 aromatic heterocycles. The van der Waals surface area contributed by atoms with Crippen LogP contribution in [-0.4, -0.2) is 24.2 Å². The number of carboxylic acids is 1. The minimum Gasteiger partial charge on any atom is -0.546 e. The number of ether oxygens (including phenoxy) is 1. The SMILES string of the molecule is C[C@@H](Oc1ccc(/C=N\NC(=O)c2ccco2)cc1)C(=O)[O-]. The molecule has 2 aromatic rings. The zero-order chi connectivity index (χ0) is 15.9. The lowest BCUT2D eigenvalue weighted by Crippen LogP contribution is -2.37. The van der Waals surface area contributed by atoms with Crippen molar-refractivity contribution in [3.63, 3.8) is 0 Å². The van der Waals surface area contributed by atoms with Gasteiger partial charge in [-0.15, -0.1) is 0 Å². The lowest BCUT2D eigenvalue weighted by Gasteiger charge is -2.15. The van der Waals surface area contributed by atoms with Crippen LogP contribution < -0.4 is 15.3 Å². The highest BCUT2D eigenvalue weighted by atomic mass is 16.5. The predicted octanol–water partition coefficient (Wildman–Crippen LogP) is 0.561. The minimum absolute atomic E-state index is 0.164. The number of amides is 1. The van der Waals surface area contributed by atoms with E-state index in [0.29, 0.717) is 11.3 Å². The summed E-state index contributed by atoms with van der Waals surface area (Å²) in [7, 11) is 0. The molecule has 0 bridgehead atoms. The maximum atomic E-state index is 11.5. The van der Waals surface area contributed by atoms with Gasteiger partial charge in [-0.25, -0.2) is 5.43 Å². The summed E-state index contributed by atoms with van der Waals surface area (Å²) in [5.74, 6) is -1.18. The maximum Gasteiger partial charge on any atom is 0.307 e. The van der Waals surface area contributed by atoms with Gasteiger partial charge in [0, 0.05) is 0 Å². The van der Waals surface area contributed by atoms with E-state index < -0.39 is 18.0 Å². The monoisotopic (exact) mass is 301 g/mol. The number of hydrogen-bond donors (Lipinski definition) is 1. The molecule has 0 unspecified atom stereocenters. The second-order valence-electron chi connectivity index (χ2n) is 4.32. The number of nitrogens with one attached hydrogen (secondary N) is 1. The van der Waals surface area contributed by atoms with Crippen molar-refractivity contribution in [2.75, 3.05) is 0 Å². The molecule has 0 aliphatic rings. The first-order chi connectivity index (χ1) is 10.6. The highest BCUT2D eigenvalue weighted by molar-refractivity contribution is 5.92. The number of hydrogen-bond acceptors (Lipinski definition) is 6. The van der Waals surface area contributed by atoms with Crippen LogP contribution in [0.2, 0.25) is 0 Å². The minimum atomic E-state index is -1.29. The van der Waals surface area contributed by atoms with E-state index in [9.17, 15) is 14.7 Å². The van der Waals surface area contributed by atoms with Gasteiger partial charge < -0.3 is 19.1 Å². The van der Waals surface area contributed by atoms with Crippen LogP contribution in [0.15, 0.2) is 52.2 Å². The van der Waals surface area contributed by atoms with Crippen LogP contribution in [0, 0.1) is 0 Å². The van der Waals surface area contributed by atoms with Crippen molar-refractivity contribution in [3.05, 3.63) is 54.0 Å². The van der Waals surface area contributed by atoms with E-state index in [1.54, 1.807) is 30.3 Å². The molecule has 7 heteroatoms. The Kier molecular flexibility index (Phi) is 4.92. The summed E-state index contributed by atoms with van der Waals surface area (Å²) in [5.41, 5.74) is 3.02. The van der Waals surface area contributed by atoms with Gasteiger partial charge in [-0.05, 0) is 48.9 Å². The number of aliphatic carboxylic acids is 1. The first-order valence-electron chi connectivity index (χ1n) is 6.41. The Hall–Kier alpha value is -3.09. The summed E-state index contributed by atoms with van der Waals surface area (Å²) >= 11 is 0. The van der Waals surface area contributed by atoms with Crippen molar-refractivity contribution in [3.8, 4) is 5.75 Å². The molecule has 0 fully saturated rings. The van der Waals surface area contributed by atoms with Gasteiger partial charge in [0.1, 0.15) is 11.9 Å².